The smallest absolute Gasteiger partial charge is 0.203 e. The summed E-state index contributed by atoms with van der Waals surface area (Å²) in [5.41, 5.74) is 6.05. The second kappa shape index (κ2) is 10.7. The number of carbonyl (C=O) groups excluding carboxylic acids is 1. The van der Waals surface area contributed by atoms with Gasteiger partial charge in [0, 0.05) is 49.4 Å². The van der Waals surface area contributed by atoms with Crippen LogP contribution in [-0.2, 0) is 10.2 Å². The van der Waals surface area contributed by atoms with Crippen LogP contribution in [0.4, 0.5) is 5.69 Å². The van der Waals surface area contributed by atoms with E-state index in [1.807, 2.05) is 0 Å². The number of carboxylic acids is 1. The first-order valence-electron chi connectivity index (χ1n) is 13.0. The van der Waals surface area contributed by atoms with Crippen molar-refractivity contribution in [2.45, 2.75) is 58.3 Å². The Bertz CT molecular complexity index is 1300. The molecular formula is C31H38N2O3. The number of hydrogen-bond acceptors (Lipinski definition) is 4. The number of carbonyl (C=O) groups is 1. The van der Waals surface area contributed by atoms with E-state index >= 15 is 0 Å². The summed E-state index contributed by atoms with van der Waals surface area (Å²) in [6, 6.07) is 17.5. The molecule has 0 spiro atoms. The van der Waals surface area contributed by atoms with Gasteiger partial charge in [-0.05, 0) is 79.5 Å². The van der Waals surface area contributed by atoms with Crippen molar-refractivity contribution >= 4 is 23.3 Å². The Morgan fingerprint density at radius 2 is 1.75 bits per heavy atom. The molecule has 5 nitrogen and oxygen atoms in total. The van der Waals surface area contributed by atoms with Gasteiger partial charge in [0.2, 0.25) is 5.36 Å². The number of unbranched alkanes of at least 4 members (excludes halogenated alkanes) is 2. The molecule has 4 rings (SSSR count). The summed E-state index contributed by atoms with van der Waals surface area (Å²) in [5.74, 6) is 0.860. The van der Waals surface area contributed by atoms with Crippen molar-refractivity contribution in [3.8, 4) is 11.3 Å². The van der Waals surface area contributed by atoms with Crippen molar-refractivity contribution in [2.75, 3.05) is 32.1 Å². The van der Waals surface area contributed by atoms with Crippen LogP contribution in [0.5, 0.6) is 0 Å². The second-order valence-corrected chi connectivity index (χ2v) is 10.7. The van der Waals surface area contributed by atoms with Crippen molar-refractivity contribution in [1.29, 1.82) is 0 Å². The van der Waals surface area contributed by atoms with Gasteiger partial charge >= 0.3 is 0 Å². The van der Waals surface area contributed by atoms with Crippen LogP contribution >= 0.6 is 0 Å². The van der Waals surface area contributed by atoms with E-state index in [0.29, 0.717) is 6.42 Å². The molecule has 1 heterocycles. The lowest BCUT2D eigenvalue weighted by Gasteiger charge is -2.32. The maximum Gasteiger partial charge on any atom is 0.203 e. The molecule has 36 heavy (non-hydrogen) atoms. The molecule has 1 aromatic rings. The molecule has 0 unspecified atom stereocenters. The normalized spacial score (nSPS) is 15.3. The van der Waals surface area contributed by atoms with Gasteiger partial charge in [0.05, 0.1) is 6.07 Å². The first-order chi connectivity index (χ1) is 17.2. The highest BCUT2D eigenvalue weighted by atomic mass is 16.4. The van der Waals surface area contributed by atoms with Gasteiger partial charge in [-0.25, -0.2) is 4.58 Å². The molecule has 190 valence electrons. The van der Waals surface area contributed by atoms with Crippen LogP contribution < -0.4 is 19.9 Å². The Labute approximate surface area is 214 Å². The minimum absolute atomic E-state index is 0.0308. The molecule has 0 saturated heterocycles. The van der Waals surface area contributed by atoms with Gasteiger partial charge in [0.15, 0.2) is 0 Å². The molecule has 0 N–H and O–H groups in total. The Hall–Kier alpha value is -3.34. The monoisotopic (exact) mass is 486 g/mol. The SMILES string of the molecule is CC[N+](CCCCCC(=O)[O-])=c1ccc2cc3c(oc-2c1)C=C(c1ccc(N(C)C)cc1)CC3(C)C. The molecule has 1 aliphatic heterocycles. The van der Waals surface area contributed by atoms with Crippen molar-refractivity contribution < 1.29 is 14.3 Å². The molecule has 0 saturated carbocycles. The highest BCUT2D eigenvalue weighted by Crippen LogP contribution is 2.44. The molecule has 5 heteroatoms. The summed E-state index contributed by atoms with van der Waals surface area (Å²) in [6.45, 7) is 8.51. The largest absolute Gasteiger partial charge is 0.550 e. The quantitative estimate of drug-likeness (QED) is 0.323. The second-order valence-electron chi connectivity index (χ2n) is 10.7. The van der Waals surface area contributed by atoms with E-state index in [-0.39, 0.29) is 11.8 Å². The van der Waals surface area contributed by atoms with Crippen molar-refractivity contribution in [2.24, 2.45) is 0 Å². The lowest BCUT2D eigenvalue weighted by atomic mass is 9.73. The summed E-state index contributed by atoms with van der Waals surface area (Å²) < 4.78 is 8.88. The van der Waals surface area contributed by atoms with Crippen LogP contribution in [0.25, 0.3) is 23.0 Å². The molecule has 0 amide bonds. The third-order valence-electron chi connectivity index (χ3n) is 7.26. The van der Waals surface area contributed by atoms with E-state index < -0.39 is 5.97 Å². The molecular weight excluding hydrogens is 448 g/mol. The third-order valence-corrected chi connectivity index (χ3v) is 7.26. The standard InChI is InChI=1S/C31H38N2O3/c1-6-33(17-9-7-8-10-30(34)35)26-16-13-23-18-27-29(36-28(23)20-26)19-24(21-31(27,2)3)22-11-14-25(15-12-22)32(4)5/h11-16,18-20H,6-10,17,21H2,1-5H3. The summed E-state index contributed by atoms with van der Waals surface area (Å²) in [4.78, 5) is 12.8. The number of nitrogens with zero attached hydrogens (tertiary/aromatic N) is 2. The Balaban J connectivity index is 1.67. The van der Waals surface area contributed by atoms with Crippen LogP contribution in [0.15, 0.2) is 52.9 Å². The predicted molar refractivity (Wildman–Crippen MR) is 146 cm³/mol. The Morgan fingerprint density at radius 1 is 1.03 bits per heavy atom. The van der Waals surface area contributed by atoms with E-state index in [2.05, 4.69) is 98.9 Å². The number of anilines is 1. The number of benzene rings is 2. The maximum atomic E-state index is 10.6. The third kappa shape index (κ3) is 5.72. The first kappa shape index (κ1) is 25.7. The van der Waals surface area contributed by atoms with Gasteiger partial charge in [-0.2, -0.15) is 0 Å². The zero-order valence-corrected chi connectivity index (χ0v) is 22.3. The molecule has 3 aliphatic rings. The number of rotatable bonds is 9. The fraction of sp³-hybridized carbons (Fsp3) is 0.419. The molecule has 0 fully saturated rings. The Kier molecular flexibility index (Phi) is 7.67. The number of hydrogen-bond donors (Lipinski definition) is 0. The topological polar surface area (TPSA) is 59.5 Å². The number of carboxylic acid groups (broad SMARTS) is 1. The van der Waals surface area contributed by atoms with Gasteiger partial charge < -0.3 is 19.2 Å². The molecule has 0 bridgehead atoms. The highest BCUT2D eigenvalue weighted by Gasteiger charge is 2.32. The van der Waals surface area contributed by atoms with Gasteiger partial charge in [-0.1, -0.05) is 26.0 Å². The van der Waals surface area contributed by atoms with Crippen LogP contribution in [-0.4, -0.2) is 33.2 Å². The highest BCUT2D eigenvalue weighted by molar-refractivity contribution is 5.85. The molecule has 2 aliphatic carbocycles. The van der Waals surface area contributed by atoms with E-state index in [1.54, 1.807) is 0 Å². The predicted octanol–water partition coefficient (Wildman–Crippen LogP) is 4.77. The van der Waals surface area contributed by atoms with Gasteiger partial charge in [-0.15, -0.1) is 0 Å². The Morgan fingerprint density at radius 3 is 2.42 bits per heavy atom. The van der Waals surface area contributed by atoms with E-state index in [0.717, 1.165) is 54.8 Å². The summed E-state index contributed by atoms with van der Waals surface area (Å²) in [5, 5.41) is 11.8. The van der Waals surface area contributed by atoms with Crippen molar-refractivity contribution in [3.63, 3.8) is 0 Å². The fourth-order valence-corrected chi connectivity index (χ4v) is 5.12. The maximum absolute atomic E-state index is 10.6. The van der Waals surface area contributed by atoms with Gasteiger partial charge in [0.25, 0.3) is 0 Å². The lowest BCUT2D eigenvalue weighted by molar-refractivity contribution is -0.305. The summed E-state index contributed by atoms with van der Waals surface area (Å²) >= 11 is 0. The van der Waals surface area contributed by atoms with E-state index in [4.69, 9.17) is 4.42 Å². The van der Waals surface area contributed by atoms with Gasteiger partial charge in [0.1, 0.15) is 24.6 Å². The van der Waals surface area contributed by atoms with Gasteiger partial charge in [-0.3, -0.25) is 0 Å². The van der Waals surface area contributed by atoms with Crippen LogP contribution in [0.2, 0.25) is 0 Å². The minimum atomic E-state index is -0.965. The molecule has 0 atom stereocenters. The van der Waals surface area contributed by atoms with Crippen molar-refractivity contribution in [1.82, 2.24) is 4.58 Å². The average Bonchev–Trinajstić information content (AvgIpc) is 2.84. The number of aliphatic carboxylic acids is 1. The zero-order chi connectivity index (χ0) is 25.9. The molecule has 1 aromatic carbocycles. The zero-order valence-electron chi connectivity index (χ0n) is 22.3. The fourth-order valence-electron chi connectivity index (χ4n) is 5.12. The number of fused-ring (bicyclic) bond motifs is 2. The number of allylic oxidation sites excluding steroid dienone is 1. The van der Waals surface area contributed by atoms with Crippen molar-refractivity contribution in [3.05, 3.63) is 70.8 Å². The van der Waals surface area contributed by atoms with Crippen LogP contribution in [0.3, 0.4) is 0 Å². The summed E-state index contributed by atoms with van der Waals surface area (Å²) in [7, 11) is 4.12. The molecule has 0 radical (unpaired) electrons. The average molecular weight is 487 g/mol. The first-order valence-corrected chi connectivity index (χ1v) is 13.0. The van der Waals surface area contributed by atoms with Crippen LogP contribution in [0, 0.1) is 0 Å². The van der Waals surface area contributed by atoms with Crippen LogP contribution in [0.1, 0.15) is 69.8 Å². The molecule has 0 aromatic heterocycles. The summed E-state index contributed by atoms with van der Waals surface area (Å²) in [6.07, 6.45) is 5.81. The lowest BCUT2D eigenvalue weighted by Crippen LogP contribution is -2.31. The van der Waals surface area contributed by atoms with E-state index in [9.17, 15) is 9.90 Å². The van der Waals surface area contributed by atoms with E-state index in [1.165, 1.54) is 22.4 Å². The minimum Gasteiger partial charge on any atom is -0.550 e.